The lowest BCUT2D eigenvalue weighted by atomic mass is 9.34. The number of carboxylic acid groups (broad SMARTS) is 1. The van der Waals surface area contributed by atoms with Crippen molar-refractivity contribution in [3.05, 3.63) is 11.6 Å². The molecule has 1 amide bonds. The first-order valence-corrected chi connectivity index (χ1v) is 17.7. The van der Waals surface area contributed by atoms with E-state index in [4.69, 9.17) is 14.2 Å². The summed E-state index contributed by atoms with van der Waals surface area (Å²) in [4.78, 5) is 65.7. The predicted molar refractivity (Wildman–Crippen MR) is 176 cm³/mol. The minimum Gasteiger partial charge on any atom is -0.481 e. The molecule has 1 saturated heterocycles. The van der Waals surface area contributed by atoms with Gasteiger partial charge in [0.25, 0.3) is 0 Å². The first kappa shape index (κ1) is 36.5. The van der Waals surface area contributed by atoms with Gasteiger partial charge >= 0.3 is 17.9 Å². The summed E-state index contributed by atoms with van der Waals surface area (Å²) in [6, 6.07) is 0. The third kappa shape index (κ3) is 5.24. The Morgan fingerprint density at radius 3 is 2.31 bits per heavy atom. The number of ether oxygens (including phenoxy) is 3. The quantitative estimate of drug-likeness (QED) is 0.307. The van der Waals surface area contributed by atoms with Crippen molar-refractivity contribution in [1.82, 2.24) is 10.6 Å². The number of aliphatic carboxylic acids is 1. The molecule has 11 nitrogen and oxygen atoms in total. The summed E-state index contributed by atoms with van der Waals surface area (Å²) in [5.74, 6) is -3.16. The second-order valence-corrected chi connectivity index (χ2v) is 16.8. The zero-order valence-electron chi connectivity index (χ0n) is 30.2. The van der Waals surface area contributed by atoms with Crippen LogP contribution in [0.4, 0.5) is 0 Å². The third-order valence-corrected chi connectivity index (χ3v) is 14.3. The second-order valence-electron chi connectivity index (χ2n) is 16.8. The van der Waals surface area contributed by atoms with Crippen molar-refractivity contribution < 1.29 is 43.3 Å². The van der Waals surface area contributed by atoms with Crippen molar-refractivity contribution in [2.45, 2.75) is 99.7 Å². The Morgan fingerprint density at radius 1 is 1.02 bits per heavy atom. The summed E-state index contributed by atoms with van der Waals surface area (Å²) < 4.78 is 18.4. The first-order chi connectivity index (χ1) is 22.3. The van der Waals surface area contributed by atoms with Gasteiger partial charge in [-0.1, -0.05) is 54.0 Å². The number of hydrogen-bond acceptors (Lipinski definition) is 9. The van der Waals surface area contributed by atoms with Gasteiger partial charge < -0.3 is 30.0 Å². The Morgan fingerprint density at radius 2 is 1.71 bits per heavy atom. The molecular formula is C37H56N2O9. The van der Waals surface area contributed by atoms with E-state index in [2.05, 4.69) is 45.3 Å². The number of fused-ring (bicyclic) bond motifs is 3. The van der Waals surface area contributed by atoms with Crippen molar-refractivity contribution in [3.63, 3.8) is 0 Å². The fourth-order valence-electron chi connectivity index (χ4n) is 11.5. The molecule has 4 fully saturated rings. The van der Waals surface area contributed by atoms with Crippen molar-refractivity contribution in [2.24, 2.45) is 56.7 Å². The number of nitrogens with one attached hydrogen (secondary N) is 2. The standard InChI is InChI=1S/C37H56N2O9/c1-20(2)21(3)33(5)12-13-35(7)23-10-11-26-34(6)18-46-19-37(26,24(23)14-27(41)36(35,8)30(33)32(44)45)15-25(47-22(4)40)31(34)48-29(43)17-39-28(42)16-38-9/h14,20-21,23,25-26,30-31,38H,10-13,15-19H2,1-9H3,(H,39,42)(H,44,45)/t21-,23+,25-,26+,30-,31+,33-,34-,35-,36+,37+/m1/s1. The zero-order valence-corrected chi connectivity index (χ0v) is 30.2. The molecule has 0 spiro atoms. The SMILES string of the molecule is CNCC(=O)NCC(=O)O[C@H]1[C@H](OC(C)=O)C[C@@]23COC[C@]1(C)[C@@H]2CC[C@H]1C3=CC(=O)[C@@]2(C)[C@H](C(=O)O)[C@@](C)([C@H](C)C(C)C)CC[C@]12C. The van der Waals surface area contributed by atoms with Crippen LogP contribution in [0.15, 0.2) is 11.6 Å². The number of hydrogen-bond donors (Lipinski definition) is 3. The van der Waals surface area contributed by atoms with Gasteiger partial charge in [-0.3, -0.25) is 24.0 Å². The normalized spacial score (nSPS) is 42.3. The van der Waals surface area contributed by atoms with Crippen LogP contribution in [0.2, 0.25) is 0 Å². The van der Waals surface area contributed by atoms with E-state index in [9.17, 15) is 29.1 Å². The summed E-state index contributed by atoms with van der Waals surface area (Å²) >= 11 is 0. The van der Waals surface area contributed by atoms with Crippen molar-refractivity contribution in [3.8, 4) is 0 Å². The smallest absolute Gasteiger partial charge is 0.325 e. The number of carbonyl (C=O) groups excluding carboxylic acids is 4. The van der Waals surface area contributed by atoms with Crippen LogP contribution < -0.4 is 10.6 Å². The van der Waals surface area contributed by atoms with Crippen LogP contribution in [0.25, 0.3) is 0 Å². The van der Waals surface area contributed by atoms with Gasteiger partial charge in [-0.2, -0.15) is 0 Å². The minimum absolute atomic E-state index is 0.0458. The summed E-state index contributed by atoms with van der Waals surface area (Å²) in [5, 5.41) is 16.2. The number of ketones is 1. The Labute approximate surface area is 284 Å². The number of likely N-dealkylation sites (N-methyl/N-ethyl adjacent to an activating group) is 1. The molecule has 11 atom stereocenters. The highest BCUT2D eigenvalue weighted by Gasteiger charge is 2.74. The molecule has 0 aromatic carbocycles. The Hall–Kier alpha value is -2.79. The van der Waals surface area contributed by atoms with E-state index in [-0.39, 0.29) is 55.1 Å². The van der Waals surface area contributed by atoms with Crippen LogP contribution in [0.3, 0.4) is 0 Å². The molecule has 3 saturated carbocycles. The maximum atomic E-state index is 14.8. The molecule has 3 N–H and O–H groups in total. The largest absolute Gasteiger partial charge is 0.481 e. The maximum Gasteiger partial charge on any atom is 0.325 e. The van der Waals surface area contributed by atoms with Crippen LogP contribution in [0, 0.1) is 56.7 Å². The molecule has 5 rings (SSSR count). The van der Waals surface area contributed by atoms with Gasteiger partial charge in [-0.05, 0) is 79.7 Å². The molecule has 0 radical (unpaired) electrons. The minimum atomic E-state index is -1.12. The summed E-state index contributed by atoms with van der Waals surface area (Å²) in [6.45, 7) is 16.2. The number of amides is 1. The molecule has 1 aliphatic heterocycles. The summed E-state index contributed by atoms with van der Waals surface area (Å²) in [7, 11) is 1.63. The van der Waals surface area contributed by atoms with Gasteiger partial charge in [0.15, 0.2) is 5.78 Å². The highest BCUT2D eigenvalue weighted by molar-refractivity contribution is 6.00. The Kier molecular flexibility index (Phi) is 9.51. The molecule has 0 aromatic rings. The lowest BCUT2D eigenvalue weighted by Crippen LogP contribution is -2.71. The van der Waals surface area contributed by atoms with E-state index in [0.29, 0.717) is 19.4 Å². The molecular weight excluding hydrogens is 616 g/mol. The van der Waals surface area contributed by atoms with Crippen molar-refractivity contribution in [1.29, 1.82) is 0 Å². The Balaban J connectivity index is 1.57. The summed E-state index contributed by atoms with van der Waals surface area (Å²) in [6.07, 6.45) is 3.39. The highest BCUT2D eigenvalue weighted by Crippen LogP contribution is 2.74. The number of rotatable bonds is 9. The lowest BCUT2D eigenvalue weighted by Gasteiger charge is -2.70. The van der Waals surface area contributed by atoms with E-state index in [1.54, 1.807) is 13.1 Å². The van der Waals surface area contributed by atoms with Crippen molar-refractivity contribution >= 4 is 29.6 Å². The van der Waals surface area contributed by atoms with E-state index in [0.717, 1.165) is 24.8 Å². The van der Waals surface area contributed by atoms with Crippen LogP contribution in [0.5, 0.6) is 0 Å². The monoisotopic (exact) mass is 672 g/mol. The van der Waals surface area contributed by atoms with E-state index >= 15 is 0 Å². The fourth-order valence-corrected chi connectivity index (χ4v) is 11.5. The molecule has 2 bridgehead atoms. The predicted octanol–water partition coefficient (Wildman–Crippen LogP) is 3.93. The average molecular weight is 673 g/mol. The number of carbonyl (C=O) groups is 5. The topological polar surface area (TPSA) is 157 Å². The molecule has 48 heavy (non-hydrogen) atoms. The molecule has 5 aliphatic rings. The van der Waals surface area contributed by atoms with E-state index in [1.807, 2.05) is 13.8 Å². The van der Waals surface area contributed by atoms with Gasteiger partial charge in [-0.15, -0.1) is 0 Å². The van der Waals surface area contributed by atoms with Crippen LogP contribution in [-0.2, 0) is 38.2 Å². The Bertz CT molecular complexity index is 1390. The van der Waals surface area contributed by atoms with Crippen LogP contribution in [0.1, 0.15) is 87.5 Å². The van der Waals surface area contributed by atoms with Gasteiger partial charge in [0.2, 0.25) is 5.91 Å². The van der Waals surface area contributed by atoms with E-state index in [1.165, 1.54) is 6.92 Å². The van der Waals surface area contributed by atoms with Crippen LogP contribution in [-0.4, -0.2) is 80.3 Å². The molecule has 0 unspecified atom stereocenters. The van der Waals surface area contributed by atoms with Gasteiger partial charge in [-0.25, -0.2) is 0 Å². The molecule has 4 aliphatic carbocycles. The van der Waals surface area contributed by atoms with E-state index < -0.39 is 63.1 Å². The number of esters is 2. The molecule has 1 heterocycles. The first-order valence-electron chi connectivity index (χ1n) is 17.7. The number of allylic oxidation sites excluding steroid dienone is 1. The van der Waals surface area contributed by atoms with Crippen LogP contribution >= 0.6 is 0 Å². The molecule has 11 heteroatoms. The summed E-state index contributed by atoms with van der Waals surface area (Å²) in [5.41, 5.74) is -2.74. The number of carboxylic acids is 1. The van der Waals surface area contributed by atoms with Crippen molar-refractivity contribution in [2.75, 3.05) is 33.4 Å². The molecule has 0 aromatic heterocycles. The molecule has 268 valence electrons. The third-order valence-electron chi connectivity index (χ3n) is 14.3. The highest BCUT2D eigenvalue weighted by atomic mass is 16.6. The van der Waals surface area contributed by atoms with Gasteiger partial charge in [0.05, 0.1) is 25.7 Å². The van der Waals surface area contributed by atoms with Gasteiger partial charge in [0, 0.05) is 23.2 Å². The van der Waals surface area contributed by atoms with Gasteiger partial charge in [0.1, 0.15) is 18.8 Å². The average Bonchev–Trinajstić information content (AvgIpc) is 2.99. The fraction of sp³-hybridized carbons (Fsp3) is 0.811. The lowest BCUT2D eigenvalue weighted by molar-refractivity contribution is -0.261. The second kappa shape index (κ2) is 12.5. The zero-order chi connectivity index (χ0) is 35.6. The maximum absolute atomic E-state index is 14.8.